The van der Waals surface area contributed by atoms with Gasteiger partial charge in [-0.3, -0.25) is 16.0 Å². The van der Waals surface area contributed by atoms with Crippen LogP contribution in [0.3, 0.4) is 0 Å². The molecule has 4 nitrogen and oxygen atoms in total. The van der Waals surface area contributed by atoms with Crippen molar-refractivity contribution in [3.8, 4) is 0 Å². The zero-order valence-electron chi connectivity index (χ0n) is 13.1. The third kappa shape index (κ3) is 3.28. The van der Waals surface area contributed by atoms with Crippen molar-refractivity contribution in [2.75, 3.05) is 0 Å². The number of aryl methyl sites for hydroxylation is 4. The van der Waals surface area contributed by atoms with E-state index in [4.69, 9.17) is 17.4 Å². The van der Waals surface area contributed by atoms with Crippen LogP contribution < -0.4 is 11.3 Å². The molecule has 5 heteroatoms. The van der Waals surface area contributed by atoms with Gasteiger partial charge < -0.3 is 0 Å². The summed E-state index contributed by atoms with van der Waals surface area (Å²) in [5.41, 5.74) is 8.53. The monoisotopic (exact) mass is 306 g/mol. The van der Waals surface area contributed by atoms with Gasteiger partial charge in [-0.1, -0.05) is 42.3 Å². The van der Waals surface area contributed by atoms with Crippen molar-refractivity contribution in [1.29, 1.82) is 0 Å². The summed E-state index contributed by atoms with van der Waals surface area (Å²) < 4.78 is 1.86. The molecule has 114 valence electrons. The number of aromatic nitrogens is 2. The van der Waals surface area contributed by atoms with Crippen molar-refractivity contribution in [1.82, 2.24) is 15.2 Å². The van der Waals surface area contributed by atoms with Crippen molar-refractivity contribution in [2.45, 2.75) is 39.7 Å². The fourth-order valence-corrected chi connectivity index (χ4v) is 3.08. The van der Waals surface area contributed by atoms with Crippen LogP contribution in [0.5, 0.6) is 0 Å². The van der Waals surface area contributed by atoms with Crippen LogP contribution in [0.15, 0.2) is 18.2 Å². The zero-order chi connectivity index (χ0) is 15.6. The van der Waals surface area contributed by atoms with Gasteiger partial charge in [0.05, 0.1) is 22.5 Å². The van der Waals surface area contributed by atoms with Gasteiger partial charge in [0.15, 0.2) is 0 Å². The van der Waals surface area contributed by atoms with E-state index in [9.17, 15) is 0 Å². The summed E-state index contributed by atoms with van der Waals surface area (Å²) in [6.45, 7) is 6.25. The summed E-state index contributed by atoms with van der Waals surface area (Å²) in [7, 11) is 1.93. The normalized spacial score (nSPS) is 12.7. The molecule has 1 atom stereocenters. The average molecular weight is 307 g/mol. The van der Waals surface area contributed by atoms with Crippen LogP contribution in [0.2, 0.25) is 5.02 Å². The van der Waals surface area contributed by atoms with Crippen LogP contribution in [-0.4, -0.2) is 9.78 Å². The highest BCUT2D eigenvalue weighted by Crippen LogP contribution is 2.27. The standard InChI is InChI=1S/C16H23ClN4/c1-5-13-16(17)15(21(4)20-13)9-14(19-18)12-7-6-10(2)8-11(12)3/h6-8,14,19H,5,9,18H2,1-4H3. The van der Waals surface area contributed by atoms with Crippen molar-refractivity contribution in [3.05, 3.63) is 51.3 Å². The maximum absolute atomic E-state index is 6.43. The number of hydrazine groups is 1. The lowest BCUT2D eigenvalue weighted by Crippen LogP contribution is -2.30. The van der Waals surface area contributed by atoms with Crippen LogP contribution in [0.1, 0.15) is 41.0 Å². The molecule has 2 rings (SSSR count). The van der Waals surface area contributed by atoms with Gasteiger partial charge >= 0.3 is 0 Å². The van der Waals surface area contributed by atoms with E-state index >= 15 is 0 Å². The first-order valence-electron chi connectivity index (χ1n) is 7.21. The summed E-state index contributed by atoms with van der Waals surface area (Å²) >= 11 is 6.43. The molecule has 0 amide bonds. The van der Waals surface area contributed by atoms with Crippen LogP contribution in [0, 0.1) is 13.8 Å². The molecule has 0 radical (unpaired) electrons. The van der Waals surface area contributed by atoms with Crippen LogP contribution in [0.25, 0.3) is 0 Å². The Morgan fingerprint density at radius 3 is 2.62 bits per heavy atom. The third-order valence-corrected chi connectivity index (χ3v) is 4.34. The summed E-state index contributed by atoms with van der Waals surface area (Å²) in [4.78, 5) is 0. The van der Waals surface area contributed by atoms with Gasteiger partial charge in [-0.25, -0.2) is 0 Å². The Balaban J connectivity index is 2.33. The number of benzene rings is 1. The van der Waals surface area contributed by atoms with E-state index in [1.165, 1.54) is 16.7 Å². The molecule has 0 aliphatic carbocycles. The van der Waals surface area contributed by atoms with Crippen LogP contribution >= 0.6 is 11.6 Å². The Kier molecular flexibility index (Phi) is 5.04. The van der Waals surface area contributed by atoms with Crippen LogP contribution in [0.4, 0.5) is 0 Å². The maximum Gasteiger partial charge on any atom is 0.0850 e. The fourth-order valence-electron chi connectivity index (χ4n) is 2.71. The SMILES string of the molecule is CCc1nn(C)c(CC(NN)c2ccc(C)cc2C)c1Cl. The topological polar surface area (TPSA) is 55.9 Å². The van der Waals surface area contributed by atoms with Gasteiger partial charge in [0.1, 0.15) is 0 Å². The predicted octanol–water partition coefficient (Wildman–Crippen LogP) is 3.00. The molecule has 0 fully saturated rings. The van der Waals surface area contributed by atoms with E-state index in [-0.39, 0.29) is 6.04 Å². The van der Waals surface area contributed by atoms with Gasteiger partial charge in [0, 0.05) is 13.5 Å². The number of hydrogen-bond acceptors (Lipinski definition) is 3. The van der Waals surface area contributed by atoms with Gasteiger partial charge in [-0.2, -0.15) is 5.10 Å². The van der Waals surface area contributed by atoms with Crippen molar-refractivity contribution < 1.29 is 0 Å². The number of nitrogens with zero attached hydrogens (tertiary/aromatic N) is 2. The highest BCUT2D eigenvalue weighted by atomic mass is 35.5. The van der Waals surface area contributed by atoms with Gasteiger partial charge in [0.25, 0.3) is 0 Å². The van der Waals surface area contributed by atoms with Crippen molar-refractivity contribution in [2.24, 2.45) is 12.9 Å². The third-order valence-electron chi connectivity index (χ3n) is 3.90. The molecular weight excluding hydrogens is 284 g/mol. The van der Waals surface area contributed by atoms with E-state index in [1.54, 1.807) is 0 Å². The predicted molar refractivity (Wildman–Crippen MR) is 87.3 cm³/mol. The first-order valence-corrected chi connectivity index (χ1v) is 7.59. The number of hydrogen-bond donors (Lipinski definition) is 2. The first kappa shape index (κ1) is 16.0. The van der Waals surface area contributed by atoms with E-state index in [2.05, 4.69) is 49.5 Å². The van der Waals surface area contributed by atoms with E-state index in [0.29, 0.717) is 6.42 Å². The Hall–Kier alpha value is -1.36. The van der Waals surface area contributed by atoms with Crippen molar-refractivity contribution in [3.63, 3.8) is 0 Å². The lowest BCUT2D eigenvalue weighted by molar-refractivity contribution is 0.527. The second-order valence-electron chi connectivity index (χ2n) is 5.47. The van der Waals surface area contributed by atoms with E-state index in [0.717, 1.165) is 22.8 Å². The molecule has 0 spiro atoms. The lowest BCUT2D eigenvalue weighted by atomic mass is 9.96. The second-order valence-corrected chi connectivity index (χ2v) is 5.85. The average Bonchev–Trinajstić information content (AvgIpc) is 2.72. The molecule has 21 heavy (non-hydrogen) atoms. The highest BCUT2D eigenvalue weighted by Gasteiger charge is 2.19. The molecule has 0 saturated carbocycles. The highest BCUT2D eigenvalue weighted by molar-refractivity contribution is 6.31. The summed E-state index contributed by atoms with van der Waals surface area (Å²) in [5.74, 6) is 5.78. The summed E-state index contributed by atoms with van der Waals surface area (Å²) in [5, 5.41) is 5.22. The largest absolute Gasteiger partial charge is 0.271 e. The van der Waals surface area contributed by atoms with Gasteiger partial charge in [-0.05, 0) is 31.4 Å². The maximum atomic E-state index is 6.43. The smallest absolute Gasteiger partial charge is 0.0850 e. The lowest BCUT2D eigenvalue weighted by Gasteiger charge is -2.19. The van der Waals surface area contributed by atoms with E-state index < -0.39 is 0 Å². The molecule has 0 aliphatic rings. The molecule has 3 N–H and O–H groups in total. The number of rotatable bonds is 5. The first-order chi connectivity index (χ1) is 9.97. The van der Waals surface area contributed by atoms with Gasteiger partial charge in [0.2, 0.25) is 0 Å². The molecule has 0 aliphatic heterocycles. The van der Waals surface area contributed by atoms with Gasteiger partial charge in [-0.15, -0.1) is 0 Å². The molecule has 1 heterocycles. The van der Waals surface area contributed by atoms with Crippen LogP contribution in [-0.2, 0) is 19.9 Å². The van der Waals surface area contributed by atoms with Crippen molar-refractivity contribution >= 4 is 11.6 Å². The molecule has 0 saturated heterocycles. The Labute approximate surface area is 131 Å². The van der Waals surface area contributed by atoms with E-state index in [1.807, 2.05) is 11.7 Å². The quantitative estimate of drug-likeness (QED) is 0.659. The second kappa shape index (κ2) is 6.60. The molecule has 1 aromatic carbocycles. The Bertz CT molecular complexity index is 633. The molecule has 2 aromatic rings. The molecule has 0 bridgehead atoms. The minimum absolute atomic E-state index is 0.0169. The minimum Gasteiger partial charge on any atom is -0.271 e. The minimum atomic E-state index is 0.0169. The zero-order valence-corrected chi connectivity index (χ0v) is 13.8. The number of halogens is 1. The number of nitrogens with one attached hydrogen (secondary N) is 1. The summed E-state index contributed by atoms with van der Waals surface area (Å²) in [6, 6.07) is 6.42. The Morgan fingerprint density at radius 1 is 1.38 bits per heavy atom. The molecular formula is C16H23ClN4. The molecule has 1 unspecified atom stereocenters. The molecule has 1 aromatic heterocycles. The summed E-state index contributed by atoms with van der Waals surface area (Å²) in [6.07, 6.45) is 1.54. The number of nitrogens with two attached hydrogens (primary N) is 1. The Morgan fingerprint density at radius 2 is 2.10 bits per heavy atom. The fraction of sp³-hybridized carbons (Fsp3) is 0.438.